The first kappa shape index (κ1) is 24.5. The van der Waals surface area contributed by atoms with Crippen LogP contribution in [0, 0.1) is 0 Å². The van der Waals surface area contributed by atoms with Crippen LogP contribution in [0.4, 0.5) is 0 Å². The Morgan fingerprint density at radius 1 is 1.09 bits per heavy atom. The van der Waals surface area contributed by atoms with E-state index in [4.69, 9.17) is 14.2 Å². The third kappa shape index (κ3) is 5.09. The number of hydrogen-bond donors (Lipinski definition) is 1. The molecule has 3 rings (SSSR count). The van der Waals surface area contributed by atoms with Crippen LogP contribution in [-0.4, -0.2) is 33.5 Å². The van der Waals surface area contributed by atoms with E-state index in [9.17, 15) is 9.59 Å². The number of benzene rings is 1. The fourth-order valence-electron chi connectivity index (χ4n) is 4.09. The van der Waals surface area contributed by atoms with Gasteiger partial charge in [-0.1, -0.05) is 24.3 Å². The van der Waals surface area contributed by atoms with Crippen molar-refractivity contribution >= 4 is 17.7 Å². The van der Waals surface area contributed by atoms with Gasteiger partial charge in [-0.05, 0) is 60.9 Å². The number of carbonyl (C=O) groups excluding carboxylic acids is 1. The number of hydrogen-bond acceptors (Lipinski definition) is 6. The Balaban J connectivity index is 2.28. The number of ether oxygens (including phenoxy) is 3. The average molecular weight is 468 g/mol. The fourth-order valence-corrected chi connectivity index (χ4v) is 4.55. The lowest BCUT2D eigenvalue weighted by Gasteiger charge is -2.19. The van der Waals surface area contributed by atoms with Crippen molar-refractivity contribution in [2.75, 3.05) is 27.6 Å². The molecule has 7 heteroatoms. The molecule has 0 aliphatic heterocycles. The highest BCUT2D eigenvalue weighted by Gasteiger charge is 2.29. The van der Waals surface area contributed by atoms with Crippen LogP contribution in [0.3, 0.4) is 0 Å². The lowest BCUT2D eigenvalue weighted by molar-refractivity contribution is -0.117. The molecule has 1 N–H and O–H groups in total. The molecule has 2 aromatic rings. The van der Waals surface area contributed by atoms with Gasteiger partial charge in [0, 0.05) is 11.6 Å². The molecular formula is C26H29NO5S. The highest BCUT2D eigenvalue weighted by Crippen LogP contribution is 2.50. The topological polar surface area (TPSA) is 73.9 Å². The molecule has 0 bridgehead atoms. The van der Waals surface area contributed by atoms with Crippen molar-refractivity contribution in [3.8, 4) is 28.4 Å². The molecule has 0 saturated carbocycles. The Labute approximate surface area is 198 Å². The summed E-state index contributed by atoms with van der Waals surface area (Å²) in [5.74, 6) is 1.38. The highest BCUT2D eigenvalue weighted by atomic mass is 32.2. The summed E-state index contributed by atoms with van der Waals surface area (Å²) in [5, 5.41) is 3.07. The van der Waals surface area contributed by atoms with E-state index in [0.717, 1.165) is 22.3 Å². The molecular weight excluding hydrogens is 438 g/mol. The number of aryl methyl sites for hydroxylation is 1. The predicted octanol–water partition coefficient (Wildman–Crippen LogP) is 4.70. The van der Waals surface area contributed by atoms with Gasteiger partial charge in [-0.3, -0.25) is 9.59 Å². The highest BCUT2D eigenvalue weighted by molar-refractivity contribution is 7.98. The van der Waals surface area contributed by atoms with E-state index in [1.54, 1.807) is 39.5 Å². The van der Waals surface area contributed by atoms with Crippen LogP contribution in [0.1, 0.15) is 30.5 Å². The summed E-state index contributed by atoms with van der Waals surface area (Å²) < 4.78 is 17.0. The zero-order valence-corrected chi connectivity index (χ0v) is 20.4. The predicted molar refractivity (Wildman–Crippen MR) is 133 cm³/mol. The van der Waals surface area contributed by atoms with Gasteiger partial charge in [-0.2, -0.15) is 0 Å². The molecule has 33 heavy (non-hydrogen) atoms. The minimum absolute atomic E-state index is 0.0876. The molecule has 0 spiro atoms. The minimum Gasteiger partial charge on any atom is -0.493 e. The van der Waals surface area contributed by atoms with Crippen molar-refractivity contribution in [3.63, 3.8) is 0 Å². The number of nitrogens with one attached hydrogen (secondary N) is 1. The lowest BCUT2D eigenvalue weighted by Crippen LogP contribution is -2.27. The van der Waals surface area contributed by atoms with Crippen molar-refractivity contribution in [2.24, 2.45) is 0 Å². The zero-order chi connectivity index (χ0) is 24.0. The maximum Gasteiger partial charge on any atom is 0.244 e. The summed E-state index contributed by atoms with van der Waals surface area (Å²) in [6, 6.07) is 6.97. The number of rotatable bonds is 7. The lowest BCUT2D eigenvalue weighted by atomic mass is 9.95. The van der Waals surface area contributed by atoms with Crippen LogP contribution in [0.2, 0.25) is 0 Å². The summed E-state index contributed by atoms with van der Waals surface area (Å²) in [4.78, 5) is 26.2. The first-order valence-corrected chi connectivity index (χ1v) is 11.9. The van der Waals surface area contributed by atoms with E-state index in [0.29, 0.717) is 35.0 Å². The Kier molecular flexibility index (Phi) is 8.22. The Morgan fingerprint density at radius 3 is 2.48 bits per heavy atom. The smallest absolute Gasteiger partial charge is 0.244 e. The summed E-state index contributed by atoms with van der Waals surface area (Å²) >= 11 is 1.39. The van der Waals surface area contributed by atoms with Gasteiger partial charge < -0.3 is 19.5 Å². The number of carbonyl (C=O) groups is 1. The normalized spacial score (nSPS) is 15.0. The zero-order valence-electron chi connectivity index (χ0n) is 19.6. The molecule has 0 saturated heterocycles. The van der Waals surface area contributed by atoms with Crippen LogP contribution in [0.15, 0.2) is 58.3 Å². The molecule has 1 aliphatic rings. The average Bonchev–Trinajstić information content (AvgIpc) is 3.06. The van der Waals surface area contributed by atoms with Crippen LogP contribution in [0.25, 0.3) is 11.1 Å². The van der Waals surface area contributed by atoms with Gasteiger partial charge in [-0.25, -0.2) is 0 Å². The number of amides is 1. The molecule has 1 amide bonds. The van der Waals surface area contributed by atoms with E-state index >= 15 is 0 Å². The second-order valence-electron chi connectivity index (χ2n) is 7.44. The summed E-state index contributed by atoms with van der Waals surface area (Å²) in [7, 11) is 4.74. The van der Waals surface area contributed by atoms with Gasteiger partial charge in [-0.15, -0.1) is 11.8 Å². The summed E-state index contributed by atoms with van der Waals surface area (Å²) in [6.07, 6.45) is 9.95. The third-order valence-corrected chi connectivity index (χ3v) is 6.37. The van der Waals surface area contributed by atoms with Gasteiger partial charge in [0.15, 0.2) is 16.9 Å². The molecule has 0 aromatic heterocycles. The van der Waals surface area contributed by atoms with Gasteiger partial charge in [0.1, 0.15) is 0 Å². The monoisotopic (exact) mass is 467 g/mol. The molecule has 1 aliphatic carbocycles. The van der Waals surface area contributed by atoms with Crippen LogP contribution < -0.4 is 25.0 Å². The van der Waals surface area contributed by atoms with Gasteiger partial charge in [0.2, 0.25) is 11.7 Å². The molecule has 2 aromatic carbocycles. The maximum atomic E-state index is 12.9. The first-order chi connectivity index (χ1) is 16.0. The second kappa shape index (κ2) is 11.1. The fraction of sp³-hybridized carbons (Fsp3) is 0.308. The summed E-state index contributed by atoms with van der Waals surface area (Å²) in [6.45, 7) is 1.88. The quantitative estimate of drug-likeness (QED) is 0.362. The number of thioether (sulfide) groups is 1. The molecule has 0 unspecified atom stereocenters. The largest absolute Gasteiger partial charge is 0.493 e. The van der Waals surface area contributed by atoms with E-state index < -0.39 is 0 Å². The van der Waals surface area contributed by atoms with Crippen molar-refractivity contribution < 1.29 is 19.0 Å². The van der Waals surface area contributed by atoms with Crippen molar-refractivity contribution in [3.05, 3.63) is 69.9 Å². The molecule has 6 nitrogen and oxygen atoms in total. The van der Waals surface area contributed by atoms with Gasteiger partial charge >= 0.3 is 0 Å². The van der Waals surface area contributed by atoms with E-state index in [-0.39, 0.29) is 17.4 Å². The SMILES string of the molecule is CC=CC=CC(=O)N[C@@H]1CCc2cc(OC)c(OC)c(OC)c2-c2ccc(SC)c(=O)cc21. The van der Waals surface area contributed by atoms with Crippen LogP contribution in [-0.2, 0) is 11.2 Å². The van der Waals surface area contributed by atoms with E-state index in [1.165, 1.54) is 17.8 Å². The first-order valence-electron chi connectivity index (χ1n) is 10.6. The Hall–Kier alpha value is -3.19. The Morgan fingerprint density at radius 2 is 1.85 bits per heavy atom. The molecule has 0 radical (unpaired) electrons. The third-order valence-electron chi connectivity index (χ3n) is 5.59. The molecule has 0 heterocycles. The maximum absolute atomic E-state index is 12.9. The van der Waals surface area contributed by atoms with E-state index in [1.807, 2.05) is 37.5 Å². The molecule has 174 valence electrons. The standard InChI is InChI=1S/C26H29NO5S/c1-6-7-8-9-23(29)27-19-12-10-16-14-21(30-2)25(31-3)26(32-4)24(16)17-11-13-22(33-5)20(28)15-18(17)19/h6-9,11,13-15,19H,10,12H2,1-5H3,(H,27,29)/t19-/m1/s1. The number of allylic oxidation sites excluding steroid dienone is 3. The molecule has 0 fully saturated rings. The Bertz CT molecular complexity index is 1160. The minimum atomic E-state index is -0.355. The van der Waals surface area contributed by atoms with Crippen molar-refractivity contribution in [2.45, 2.75) is 30.7 Å². The number of methoxy groups -OCH3 is 3. The van der Waals surface area contributed by atoms with Gasteiger partial charge in [0.25, 0.3) is 0 Å². The number of fused-ring (bicyclic) bond motifs is 3. The van der Waals surface area contributed by atoms with E-state index in [2.05, 4.69) is 5.32 Å². The van der Waals surface area contributed by atoms with Crippen molar-refractivity contribution in [1.29, 1.82) is 0 Å². The van der Waals surface area contributed by atoms with Gasteiger partial charge in [0.05, 0.1) is 32.3 Å². The molecule has 1 atom stereocenters. The van der Waals surface area contributed by atoms with Crippen LogP contribution >= 0.6 is 11.8 Å². The second-order valence-corrected chi connectivity index (χ2v) is 8.29. The van der Waals surface area contributed by atoms with Crippen LogP contribution in [0.5, 0.6) is 17.2 Å². The van der Waals surface area contributed by atoms with Crippen molar-refractivity contribution in [1.82, 2.24) is 5.32 Å². The summed E-state index contributed by atoms with van der Waals surface area (Å²) in [5.41, 5.74) is 3.32.